The first kappa shape index (κ1) is 14.8. The Morgan fingerprint density at radius 1 is 1.40 bits per heavy atom. The molecule has 1 aromatic carbocycles. The second kappa shape index (κ2) is 6.24. The van der Waals surface area contributed by atoms with Crippen molar-refractivity contribution >= 4 is 11.6 Å². The number of hydrogen-bond donors (Lipinski definition) is 2. The first-order valence-electron chi connectivity index (χ1n) is 6.94. The van der Waals surface area contributed by atoms with Crippen LogP contribution in [0.4, 0.5) is 5.69 Å². The fourth-order valence-corrected chi connectivity index (χ4v) is 2.19. The molecule has 2 rings (SSSR count). The van der Waals surface area contributed by atoms with Gasteiger partial charge in [-0.25, -0.2) is 0 Å². The van der Waals surface area contributed by atoms with Crippen LogP contribution in [-0.4, -0.2) is 37.5 Å². The maximum absolute atomic E-state index is 12.2. The molecule has 1 amide bonds. The lowest BCUT2D eigenvalue weighted by Gasteiger charge is -2.17. The minimum absolute atomic E-state index is 0.0970. The summed E-state index contributed by atoms with van der Waals surface area (Å²) in [4.78, 5) is 12.2. The summed E-state index contributed by atoms with van der Waals surface area (Å²) in [5.74, 6) is -0.660. The van der Waals surface area contributed by atoms with Crippen LogP contribution in [0, 0.1) is 0 Å². The maximum Gasteiger partial charge on any atom is 0.253 e. The van der Waals surface area contributed by atoms with Gasteiger partial charge in [0.25, 0.3) is 5.91 Å². The highest BCUT2D eigenvalue weighted by Crippen LogP contribution is 2.22. The molecule has 1 aliphatic rings. The molecule has 1 saturated heterocycles. The van der Waals surface area contributed by atoms with Crippen LogP contribution in [0.2, 0.25) is 0 Å². The molecule has 0 bridgehead atoms. The van der Waals surface area contributed by atoms with Crippen LogP contribution in [0.15, 0.2) is 24.3 Å². The lowest BCUT2D eigenvalue weighted by atomic mass is 10.1. The Morgan fingerprint density at radius 3 is 2.80 bits per heavy atom. The van der Waals surface area contributed by atoms with Gasteiger partial charge >= 0.3 is 0 Å². The van der Waals surface area contributed by atoms with Crippen molar-refractivity contribution < 1.29 is 14.3 Å². The smallest absolute Gasteiger partial charge is 0.253 e. The quantitative estimate of drug-likeness (QED) is 0.865. The molecule has 0 aromatic heterocycles. The van der Waals surface area contributed by atoms with E-state index < -0.39 is 5.79 Å². The summed E-state index contributed by atoms with van der Waals surface area (Å²) in [6.45, 7) is 7.47. The molecule has 0 spiro atoms. The summed E-state index contributed by atoms with van der Waals surface area (Å²) in [7, 11) is 0. The van der Waals surface area contributed by atoms with E-state index in [1.54, 1.807) is 0 Å². The topological polar surface area (TPSA) is 59.6 Å². The molecule has 5 heteroatoms. The number of nitrogens with one attached hydrogen (secondary N) is 2. The van der Waals surface area contributed by atoms with Gasteiger partial charge in [-0.15, -0.1) is 0 Å². The molecule has 0 saturated carbocycles. The third-order valence-electron chi connectivity index (χ3n) is 3.10. The summed E-state index contributed by atoms with van der Waals surface area (Å²) >= 11 is 0. The van der Waals surface area contributed by atoms with Crippen molar-refractivity contribution in [2.45, 2.75) is 32.7 Å². The highest BCUT2D eigenvalue weighted by atomic mass is 16.7. The van der Waals surface area contributed by atoms with Gasteiger partial charge in [-0.1, -0.05) is 12.1 Å². The predicted molar refractivity (Wildman–Crippen MR) is 77.8 cm³/mol. The Balaban J connectivity index is 1.92. The third kappa shape index (κ3) is 3.71. The normalized spacial score (nSPS) is 20.6. The van der Waals surface area contributed by atoms with Crippen LogP contribution >= 0.6 is 0 Å². The molecule has 1 aliphatic heterocycles. The lowest BCUT2D eigenvalue weighted by molar-refractivity contribution is -0.137. The zero-order valence-corrected chi connectivity index (χ0v) is 12.2. The molecule has 5 nitrogen and oxygen atoms in total. The van der Waals surface area contributed by atoms with Crippen LogP contribution in [0.25, 0.3) is 0 Å². The highest BCUT2D eigenvalue weighted by Gasteiger charge is 2.32. The van der Waals surface area contributed by atoms with Crippen LogP contribution < -0.4 is 10.6 Å². The van der Waals surface area contributed by atoms with Gasteiger partial charge in [0.05, 0.1) is 12.2 Å². The first-order valence-corrected chi connectivity index (χ1v) is 6.94. The van der Waals surface area contributed by atoms with E-state index in [1.807, 2.05) is 45.0 Å². The van der Waals surface area contributed by atoms with Crippen molar-refractivity contribution in [3.05, 3.63) is 29.8 Å². The minimum Gasteiger partial charge on any atom is -0.385 e. The fourth-order valence-electron chi connectivity index (χ4n) is 2.19. The van der Waals surface area contributed by atoms with Crippen molar-refractivity contribution in [2.24, 2.45) is 0 Å². The van der Waals surface area contributed by atoms with Crippen molar-refractivity contribution in [3.8, 4) is 0 Å². The number of rotatable bonds is 5. The van der Waals surface area contributed by atoms with E-state index in [-0.39, 0.29) is 12.0 Å². The van der Waals surface area contributed by atoms with Crippen molar-refractivity contribution in [3.63, 3.8) is 0 Å². The molecule has 1 aromatic rings. The summed E-state index contributed by atoms with van der Waals surface area (Å²) in [6.07, 6.45) is -0.0970. The molecule has 0 radical (unpaired) electrons. The van der Waals surface area contributed by atoms with E-state index in [9.17, 15) is 4.79 Å². The molecule has 0 aliphatic carbocycles. The van der Waals surface area contributed by atoms with Crippen molar-refractivity contribution in [1.29, 1.82) is 0 Å². The zero-order chi connectivity index (χ0) is 14.6. The van der Waals surface area contributed by atoms with Crippen molar-refractivity contribution in [1.82, 2.24) is 5.32 Å². The molecular formula is C15H22N2O3. The molecule has 110 valence electrons. The van der Waals surface area contributed by atoms with E-state index in [0.29, 0.717) is 18.7 Å². The van der Waals surface area contributed by atoms with Gasteiger partial charge in [-0.2, -0.15) is 0 Å². The Bertz CT molecular complexity index is 474. The largest absolute Gasteiger partial charge is 0.385 e. The van der Waals surface area contributed by atoms with E-state index >= 15 is 0 Å². The Hall–Kier alpha value is -1.59. The number of benzene rings is 1. The number of hydrogen-bond acceptors (Lipinski definition) is 4. The van der Waals surface area contributed by atoms with Gasteiger partial charge in [-0.3, -0.25) is 4.79 Å². The summed E-state index contributed by atoms with van der Waals surface area (Å²) < 4.78 is 11.1. The van der Waals surface area contributed by atoms with Gasteiger partial charge in [0, 0.05) is 18.8 Å². The van der Waals surface area contributed by atoms with Crippen LogP contribution in [0.5, 0.6) is 0 Å². The second-order valence-corrected chi connectivity index (χ2v) is 5.24. The van der Waals surface area contributed by atoms with Crippen LogP contribution in [0.3, 0.4) is 0 Å². The van der Waals surface area contributed by atoms with Gasteiger partial charge in [-0.05, 0) is 32.9 Å². The minimum atomic E-state index is -0.558. The first-order chi connectivity index (χ1) is 9.52. The lowest BCUT2D eigenvalue weighted by Crippen LogP contribution is -2.34. The highest BCUT2D eigenvalue weighted by molar-refractivity contribution is 5.99. The Labute approximate surface area is 119 Å². The number of para-hydroxylation sites is 1. The zero-order valence-electron chi connectivity index (χ0n) is 12.2. The number of carbonyl (C=O) groups is 1. The molecular weight excluding hydrogens is 256 g/mol. The second-order valence-electron chi connectivity index (χ2n) is 5.24. The number of amides is 1. The van der Waals surface area contributed by atoms with E-state index in [1.165, 1.54) is 0 Å². The molecule has 2 N–H and O–H groups in total. The molecule has 1 atom stereocenters. The molecule has 20 heavy (non-hydrogen) atoms. The van der Waals surface area contributed by atoms with Gasteiger partial charge in [0.15, 0.2) is 5.79 Å². The molecule has 1 heterocycles. The fraction of sp³-hybridized carbons (Fsp3) is 0.533. The van der Waals surface area contributed by atoms with Gasteiger partial charge < -0.3 is 20.1 Å². The van der Waals surface area contributed by atoms with Crippen molar-refractivity contribution in [2.75, 3.05) is 25.0 Å². The number of ether oxygens (including phenoxy) is 2. The van der Waals surface area contributed by atoms with Crippen LogP contribution in [-0.2, 0) is 9.47 Å². The Morgan fingerprint density at radius 2 is 2.15 bits per heavy atom. The Kier molecular flexibility index (Phi) is 4.62. The summed E-state index contributed by atoms with van der Waals surface area (Å²) in [5, 5.41) is 6.07. The van der Waals surface area contributed by atoms with E-state index in [0.717, 1.165) is 12.2 Å². The maximum atomic E-state index is 12.2. The van der Waals surface area contributed by atoms with Gasteiger partial charge in [0.2, 0.25) is 0 Å². The predicted octanol–water partition coefficient (Wildman–Crippen LogP) is 2.00. The molecule has 1 unspecified atom stereocenters. The monoisotopic (exact) mass is 278 g/mol. The standard InChI is InChI=1S/C15H22N2O3/c1-4-16-13-8-6-5-7-12(13)14(18)17-9-11-10-19-15(2,3)20-11/h5-8,11,16H,4,9-10H2,1-3H3,(H,17,18). The average Bonchev–Trinajstić information content (AvgIpc) is 2.77. The van der Waals surface area contributed by atoms with Crippen LogP contribution in [0.1, 0.15) is 31.1 Å². The third-order valence-corrected chi connectivity index (χ3v) is 3.10. The SMILES string of the molecule is CCNc1ccccc1C(=O)NCC1COC(C)(C)O1. The summed E-state index contributed by atoms with van der Waals surface area (Å²) in [6, 6.07) is 7.47. The average molecular weight is 278 g/mol. The summed E-state index contributed by atoms with van der Waals surface area (Å²) in [5.41, 5.74) is 1.49. The van der Waals surface area contributed by atoms with Gasteiger partial charge in [0.1, 0.15) is 6.10 Å². The number of anilines is 1. The number of carbonyl (C=O) groups excluding carboxylic acids is 1. The van der Waals surface area contributed by atoms with E-state index in [4.69, 9.17) is 9.47 Å². The van der Waals surface area contributed by atoms with E-state index in [2.05, 4.69) is 10.6 Å². The molecule has 1 fully saturated rings.